The monoisotopic (exact) mass is 282 g/mol. The molecule has 0 atom stereocenters. The molecule has 0 spiro atoms. The summed E-state index contributed by atoms with van der Waals surface area (Å²) in [5, 5.41) is 2.89. The van der Waals surface area contributed by atoms with E-state index >= 15 is 0 Å². The summed E-state index contributed by atoms with van der Waals surface area (Å²) >= 11 is 1.82. The number of nitrogens with zero attached hydrogens (tertiary/aromatic N) is 1. The quantitative estimate of drug-likeness (QED) is 0.782. The van der Waals surface area contributed by atoms with Crippen LogP contribution >= 0.6 is 11.8 Å². The van der Waals surface area contributed by atoms with Crippen molar-refractivity contribution >= 4 is 23.5 Å². The number of thioether (sulfide) groups is 1. The van der Waals surface area contributed by atoms with Crippen molar-refractivity contribution in [2.24, 2.45) is 0 Å². The van der Waals surface area contributed by atoms with E-state index in [4.69, 9.17) is 4.74 Å². The number of rotatable bonds is 7. The van der Waals surface area contributed by atoms with Gasteiger partial charge in [0.1, 0.15) is 0 Å². The van der Waals surface area contributed by atoms with Gasteiger partial charge in [0.2, 0.25) is 0 Å². The van der Waals surface area contributed by atoms with E-state index < -0.39 is 0 Å². The highest BCUT2D eigenvalue weighted by atomic mass is 32.2. The summed E-state index contributed by atoms with van der Waals surface area (Å²) in [6.07, 6.45) is 0. The summed E-state index contributed by atoms with van der Waals surface area (Å²) in [7, 11) is 3.49. The molecule has 1 aromatic carbocycles. The lowest BCUT2D eigenvalue weighted by Crippen LogP contribution is -2.30. The van der Waals surface area contributed by atoms with E-state index in [1.807, 2.05) is 36.9 Å². The van der Waals surface area contributed by atoms with E-state index in [0.29, 0.717) is 6.54 Å². The van der Waals surface area contributed by atoms with Crippen LogP contribution in [0.15, 0.2) is 24.3 Å². The van der Waals surface area contributed by atoms with E-state index in [1.165, 1.54) is 5.56 Å². The van der Waals surface area contributed by atoms with Crippen molar-refractivity contribution in [2.45, 2.75) is 12.7 Å². The number of anilines is 1. The van der Waals surface area contributed by atoms with Crippen LogP contribution in [-0.2, 0) is 10.5 Å². The number of amides is 2. The molecule has 0 fully saturated rings. The van der Waals surface area contributed by atoms with Gasteiger partial charge in [-0.05, 0) is 24.6 Å². The molecule has 0 aliphatic heterocycles. The molecule has 5 heteroatoms. The van der Waals surface area contributed by atoms with Crippen LogP contribution in [-0.4, -0.2) is 44.0 Å². The Labute approximate surface area is 119 Å². The topological polar surface area (TPSA) is 41.6 Å². The van der Waals surface area contributed by atoms with Gasteiger partial charge in [-0.3, -0.25) is 0 Å². The zero-order chi connectivity index (χ0) is 14.1. The molecular weight excluding hydrogens is 260 g/mol. The van der Waals surface area contributed by atoms with E-state index in [1.54, 1.807) is 19.1 Å². The maximum absolute atomic E-state index is 11.7. The van der Waals surface area contributed by atoms with Gasteiger partial charge in [0.25, 0.3) is 0 Å². The molecule has 2 amide bonds. The molecule has 0 radical (unpaired) electrons. The molecule has 0 aliphatic rings. The third kappa shape index (κ3) is 5.98. The Morgan fingerprint density at radius 2 is 2.26 bits per heavy atom. The number of carbonyl (C=O) groups is 1. The Hall–Kier alpha value is -1.20. The van der Waals surface area contributed by atoms with Crippen LogP contribution in [0.25, 0.3) is 0 Å². The molecule has 0 heterocycles. The first-order valence-electron chi connectivity index (χ1n) is 6.35. The predicted molar refractivity (Wildman–Crippen MR) is 81.8 cm³/mol. The van der Waals surface area contributed by atoms with E-state index in [9.17, 15) is 4.79 Å². The third-order valence-corrected chi connectivity index (χ3v) is 3.69. The normalized spacial score (nSPS) is 10.3. The maximum atomic E-state index is 11.7. The Morgan fingerprint density at radius 1 is 1.47 bits per heavy atom. The summed E-state index contributed by atoms with van der Waals surface area (Å²) in [6, 6.07) is 7.88. The molecule has 0 unspecified atom stereocenters. The third-order valence-electron chi connectivity index (χ3n) is 2.70. The van der Waals surface area contributed by atoms with Gasteiger partial charge in [-0.2, -0.15) is 11.8 Å². The van der Waals surface area contributed by atoms with Crippen molar-refractivity contribution in [3.8, 4) is 0 Å². The largest absolute Gasteiger partial charge is 0.384 e. The fourth-order valence-corrected chi connectivity index (χ4v) is 2.28. The van der Waals surface area contributed by atoms with Gasteiger partial charge in [0, 0.05) is 37.9 Å². The Bertz CT molecular complexity index is 399. The van der Waals surface area contributed by atoms with Gasteiger partial charge in [0.15, 0.2) is 0 Å². The highest BCUT2D eigenvalue weighted by Gasteiger charge is 2.06. The highest BCUT2D eigenvalue weighted by Crippen LogP contribution is 2.16. The molecule has 1 rings (SSSR count). The van der Waals surface area contributed by atoms with Gasteiger partial charge in [0.05, 0.1) is 6.61 Å². The van der Waals surface area contributed by atoms with Crippen molar-refractivity contribution in [2.75, 3.05) is 38.4 Å². The van der Waals surface area contributed by atoms with Crippen molar-refractivity contribution in [3.05, 3.63) is 29.8 Å². The van der Waals surface area contributed by atoms with Crippen LogP contribution in [0.3, 0.4) is 0 Å². The van der Waals surface area contributed by atoms with Gasteiger partial charge >= 0.3 is 6.03 Å². The molecule has 4 nitrogen and oxygen atoms in total. The average Bonchev–Trinajstić information content (AvgIpc) is 2.43. The number of carbonyl (C=O) groups excluding carboxylic acids is 1. The fraction of sp³-hybridized carbons (Fsp3) is 0.500. The van der Waals surface area contributed by atoms with Crippen LogP contribution in [0.4, 0.5) is 10.5 Å². The SMILES string of the molecule is CCN(C)C(=O)Nc1cccc(CSCCOC)c1. The van der Waals surface area contributed by atoms with E-state index in [2.05, 4.69) is 11.4 Å². The van der Waals surface area contributed by atoms with Crippen LogP contribution in [0.5, 0.6) is 0 Å². The number of nitrogens with one attached hydrogen (secondary N) is 1. The second-order valence-electron chi connectivity index (χ2n) is 4.19. The fourth-order valence-electron chi connectivity index (χ4n) is 1.43. The number of ether oxygens (including phenoxy) is 1. The molecule has 0 aromatic heterocycles. The van der Waals surface area contributed by atoms with Gasteiger partial charge in [-0.1, -0.05) is 12.1 Å². The Morgan fingerprint density at radius 3 is 2.95 bits per heavy atom. The second-order valence-corrected chi connectivity index (χ2v) is 5.30. The van der Waals surface area contributed by atoms with Crippen LogP contribution in [0.1, 0.15) is 12.5 Å². The van der Waals surface area contributed by atoms with Crippen LogP contribution in [0, 0.1) is 0 Å². The smallest absolute Gasteiger partial charge is 0.321 e. The minimum atomic E-state index is -0.0771. The van der Waals surface area contributed by atoms with Crippen LogP contribution < -0.4 is 5.32 Å². The Kier molecular flexibility index (Phi) is 7.36. The summed E-state index contributed by atoms with van der Waals surface area (Å²) < 4.78 is 5.01. The average molecular weight is 282 g/mol. The number of hydrogen-bond donors (Lipinski definition) is 1. The molecule has 0 bridgehead atoms. The first-order chi connectivity index (χ1) is 9.17. The van der Waals surface area contributed by atoms with Crippen molar-refractivity contribution < 1.29 is 9.53 Å². The van der Waals surface area contributed by atoms with Crippen LogP contribution in [0.2, 0.25) is 0 Å². The number of urea groups is 1. The molecule has 19 heavy (non-hydrogen) atoms. The maximum Gasteiger partial charge on any atom is 0.321 e. The lowest BCUT2D eigenvalue weighted by Gasteiger charge is -2.15. The first-order valence-corrected chi connectivity index (χ1v) is 7.50. The molecule has 106 valence electrons. The second kappa shape index (κ2) is 8.82. The molecular formula is C14H22N2O2S. The lowest BCUT2D eigenvalue weighted by molar-refractivity contribution is 0.218. The number of methoxy groups -OCH3 is 1. The lowest BCUT2D eigenvalue weighted by atomic mass is 10.2. The molecule has 0 aliphatic carbocycles. The van der Waals surface area contributed by atoms with Gasteiger partial charge in [-0.15, -0.1) is 0 Å². The zero-order valence-electron chi connectivity index (χ0n) is 11.8. The summed E-state index contributed by atoms with van der Waals surface area (Å²) in [6.45, 7) is 3.41. The molecule has 0 saturated carbocycles. The number of benzene rings is 1. The van der Waals surface area contributed by atoms with Gasteiger partial charge in [-0.25, -0.2) is 4.79 Å². The minimum absolute atomic E-state index is 0.0771. The van der Waals surface area contributed by atoms with Crippen molar-refractivity contribution in [3.63, 3.8) is 0 Å². The minimum Gasteiger partial charge on any atom is -0.384 e. The highest BCUT2D eigenvalue weighted by molar-refractivity contribution is 7.98. The predicted octanol–water partition coefficient (Wildman–Crippen LogP) is 3.05. The molecule has 1 N–H and O–H groups in total. The zero-order valence-corrected chi connectivity index (χ0v) is 12.6. The molecule has 0 saturated heterocycles. The summed E-state index contributed by atoms with van der Waals surface area (Å²) in [5.41, 5.74) is 2.05. The molecule has 1 aromatic rings. The summed E-state index contributed by atoms with van der Waals surface area (Å²) in [4.78, 5) is 13.4. The summed E-state index contributed by atoms with van der Waals surface area (Å²) in [5.74, 6) is 1.91. The Balaban J connectivity index is 2.49. The van der Waals surface area contributed by atoms with Gasteiger partial charge < -0.3 is 15.0 Å². The van der Waals surface area contributed by atoms with Crippen molar-refractivity contribution in [1.82, 2.24) is 4.90 Å². The first kappa shape index (κ1) is 15.9. The van der Waals surface area contributed by atoms with Crippen molar-refractivity contribution in [1.29, 1.82) is 0 Å². The van der Waals surface area contributed by atoms with E-state index in [0.717, 1.165) is 23.8 Å². The standard InChI is InChI=1S/C14H22N2O2S/c1-4-16(2)14(17)15-13-7-5-6-12(10-13)11-19-9-8-18-3/h5-7,10H,4,8-9,11H2,1-3H3,(H,15,17). The van der Waals surface area contributed by atoms with E-state index in [-0.39, 0.29) is 6.03 Å². The number of hydrogen-bond acceptors (Lipinski definition) is 3.